The van der Waals surface area contributed by atoms with Crippen molar-refractivity contribution in [3.8, 4) is 11.8 Å². The van der Waals surface area contributed by atoms with Crippen molar-refractivity contribution in [2.24, 2.45) is 5.73 Å². The lowest BCUT2D eigenvalue weighted by Crippen LogP contribution is -2.27. The van der Waals surface area contributed by atoms with Crippen LogP contribution in [-0.2, 0) is 0 Å². The number of hydrogen-bond donors (Lipinski definition) is 3. The maximum absolute atomic E-state index is 12.4. The first kappa shape index (κ1) is 14.8. The van der Waals surface area contributed by atoms with E-state index >= 15 is 0 Å². The second-order valence-corrected chi connectivity index (χ2v) is 4.78. The highest BCUT2D eigenvalue weighted by Gasteiger charge is 2.15. The summed E-state index contributed by atoms with van der Waals surface area (Å²) in [4.78, 5) is 12.4. The first-order valence-corrected chi connectivity index (χ1v) is 6.71. The number of hydrogen-bond acceptors (Lipinski definition) is 3. The van der Waals surface area contributed by atoms with Gasteiger partial charge >= 0.3 is 0 Å². The fourth-order valence-electron chi connectivity index (χ4n) is 1.96. The van der Waals surface area contributed by atoms with Crippen LogP contribution in [0.25, 0.3) is 0 Å². The van der Waals surface area contributed by atoms with Gasteiger partial charge in [0.2, 0.25) is 0 Å². The van der Waals surface area contributed by atoms with Gasteiger partial charge in [-0.3, -0.25) is 9.89 Å². The first-order valence-electron chi connectivity index (χ1n) is 6.71. The number of aromatic nitrogens is 2. The van der Waals surface area contributed by atoms with Gasteiger partial charge in [0.1, 0.15) is 0 Å². The van der Waals surface area contributed by atoms with E-state index < -0.39 is 0 Å². The van der Waals surface area contributed by atoms with Gasteiger partial charge in [-0.15, -0.1) is 0 Å². The summed E-state index contributed by atoms with van der Waals surface area (Å²) in [6, 6.07) is 5.47. The van der Waals surface area contributed by atoms with E-state index in [1.54, 1.807) is 12.4 Å². The second kappa shape index (κ2) is 6.73. The van der Waals surface area contributed by atoms with Crippen LogP contribution in [0.3, 0.4) is 0 Å². The average molecular weight is 282 g/mol. The SMILES string of the molecule is Cc1ccc(C#CCN)c(C(=O)NC(C)c2cn[nH]c2)c1. The lowest BCUT2D eigenvalue weighted by Gasteiger charge is -2.13. The highest BCUT2D eigenvalue weighted by molar-refractivity contribution is 5.97. The van der Waals surface area contributed by atoms with E-state index in [1.165, 1.54) is 0 Å². The van der Waals surface area contributed by atoms with Crippen LogP contribution in [0.5, 0.6) is 0 Å². The summed E-state index contributed by atoms with van der Waals surface area (Å²) in [6.07, 6.45) is 3.45. The summed E-state index contributed by atoms with van der Waals surface area (Å²) in [6.45, 7) is 4.11. The van der Waals surface area contributed by atoms with Gasteiger partial charge in [0, 0.05) is 17.3 Å². The number of rotatable bonds is 3. The van der Waals surface area contributed by atoms with E-state index in [4.69, 9.17) is 5.73 Å². The lowest BCUT2D eigenvalue weighted by molar-refractivity contribution is 0.0939. The molecule has 2 rings (SSSR count). The molecule has 0 aliphatic rings. The summed E-state index contributed by atoms with van der Waals surface area (Å²) < 4.78 is 0. The van der Waals surface area contributed by atoms with Gasteiger partial charge in [0.25, 0.3) is 5.91 Å². The monoisotopic (exact) mass is 282 g/mol. The topological polar surface area (TPSA) is 83.8 Å². The predicted molar refractivity (Wildman–Crippen MR) is 81.6 cm³/mol. The molecule has 2 aromatic rings. The first-order chi connectivity index (χ1) is 10.1. The van der Waals surface area contributed by atoms with Gasteiger partial charge in [-0.25, -0.2) is 0 Å². The zero-order valence-electron chi connectivity index (χ0n) is 12.1. The van der Waals surface area contributed by atoms with Crippen LogP contribution in [0.1, 0.15) is 40.0 Å². The number of amides is 1. The van der Waals surface area contributed by atoms with Crippen LogP contribution in [0.4, 0.5) is 0 Å². The molecule has 1 aromatic heterocycles. The summed E-state index contributed by atoms with van der Waals surface area (Å²) in [5.74, 6) is 5.56. The molecule has 1 heterocycles. The number of nitrogens with one attached hydrogen (secondary N) is 2. The molecule has 0 saturated carbocycles. The Morgan fingerprint density at radius 1 is 1.52 bits per heavy atom. The number of H-pyrrole nitrogens is 1. The van der Waals surface area contributed by atoms with E-state index in [-0.39, 0.29) is 18.5 Å². The zero-order chi connectivity index (χ0) is 15.2. The van der Waals surface area contributed by atoms with Crippen LogP contribution in [-0.4, -0.2) is 22.6 Å². The van der Waals surface area contributed by atoms with Gasteiger partial charge in [-0.05, 0) is 26.0 Å². The molecule has 1 unspecified atom stereocenters. The minimum absolute atomic E-state index is 0.132. The highest BCUT2D eigenvalue weighted by atomic mass is 16.1. The molecule has 0 saturated heterocycles. The van der Waals surface area contributed by atoms with Gasteiger partial charge in [0.15, 0.2) is 0 Å². The van der Waals surface area contributed by atoms with Crippen molar-refractivity contribution in [2.45, 2.75) is 19.9 Å². The fourth-order valence-corrected chi connectivity index (χ4v) is 1.96. The van der Waals surface area contributed by atoms with E-state index in [1.807, 2.05) is 32.0 Å². The maximum atomic E-state index is 12.4. The molecule has 0 aliphatic heterocycles. The van der Waals surface area contributed by atoms with Crippen molar-refractivity contribution in [1.29, 1.82) is 0 Å². The third-order valence-electron chi connectivity index (χ3n) is 3.11. The van der Waals surface area contributed by atoms with Crippen molar-refractivity contribution in [3.63, 3.8) is 0 Å². The average Bonchev–Trinajstić information content (AvgIpc) is 3.00. The Labute approximate surface area is 123 Å². The van der Waals surface area contributed by atoms with Gasteiger partial charge in [-0.1, -0.05) is 23.5 Å². The molecule has 108 valence electrons. The van der Waals surface area contributed by atoms with Crippen LogP contribution in [0.15, 0.2) is 30.6 Å². The molecule has 5 nitrogen and oxygen atoms in total. The number of carbonyl (C=O) groups excluding carboxylic acids is 1. The van der Waals surface area contributed by atoms with Gasteiger partial charge < -0.3 is 11.1 Å². The Morgan fingerprint density at radius 2 is 2.33 bits per heavy atom. The smallest absolute Gasteiger partial charge is 0.253 e. The van der Waals surface area contributed by atoms with Crippen LogP contribution >= 0.6 is 0 Å². The minimum atomic E-state index is -0.159. The molecular formula is C16H18N4O. The van der Waals surface area contributed by atoms with Crippen molar-refractivity contribution >= 4 is 5.91 Å². The van der Waals surface area contributed by atoms with Crippen molar-refractivity contribution in [1.82, 2.24) is 15.5 Å². The van der Waals surface area contributed by atoms with Crippen molar-refractivity contribution in [3.05, 3.63) is 52.8 Å². The molecule has 0 radical (unpaired) electrons. The number of benzene rings is 1. The summed E-state index contributed by atoms with van der Waals surface area (Å²) in [5, 5.41) is 9.56. The molecule has 4 N–H and O–H groups in total. The molecule has 5 heteroatoms. The third kappa shape index (κ3) is 3.71. The van der Waals surface area contributed by atoms with Gasteiger partial charge in [-0.2, -0.15) is 5.10 Å². The highest BCUT2D eigenvalue weighted by Crippen LogP contribution is 2.14. The Bertz CT molecular complexity index is 680. The third-order valence-corrected chi connectivity index (χ3v) is 3.11. The minimum Gasteiger partial charge on any atom is -0.345 e. The molecule has 1 amide bonds. The lowest BCUT2D eigenvalue weighted by atomic mass is 10.0. The van der Waals surface area contributed by atoms with Gasteiger partial charge in [0.05, 0.1) is 24.3 Å². The second-order valence-electron chi connectivity index (χ2n) is 4.78. The molecule has 0 fully saturated rings. The van der Waals surface area contributed by atoms with Crippen LogP contribution in [0.2, 0.25) is 0 Å². The molecule has 1 atom stereocenters. The van der Waals surface area contributed by atoms with Crippen LogP contribution < -0.4 is 11.1 Å². The Balaban J connectivity index is 2.24. The summed E-state index contributed by atoms with van der Waals surface area (Å²) in [7, 11) is 0. The normalized spacial score (nSPS) is 11.4. The van der Waals surface area contributed by atoms with E-state index in [2.05, 4.69) is 27.4 Å². The van der Waals surface area contributed by atoms with E-state index in [0.29, 0.717) is 11.1 Å². The van der Waals surface area contributed by atoms with Crippen LogP contribution in [0, 0.1) is 18.8 Å². The summed E-state index contributed by atoms with van der Waals surface area (Å²) >= 11 is 0. The zero-order valence-corrected chi connectivity index (χ0v) is 12.1. The van der Waals surface area contributed by atoms with Crippen molar-refractivity contribution < 1.29 is 4.79 Å². The quantitative estimate of drug-likeness (QED) is 0.746. The molecular weight excluding hydrogens is 264 g/mol. The number of aryl methyl sites for hydroxylation is 1. The largest absolute Gasteiger partial charge is 0.345 e. The Hall–Kier alpha value is -2.58. The Morgan fingerprint density at radius 3 is 3.00 bits per heavy atom. The maximum Gasteiger partial charge on any atom is 0.253 e. The molecule has 21 heavy (non-hydrogen) atoms. The molecule has 0 bridgehead atoms. The number of nitrogens with zero attached hydrogens (tertiary/aromatic N) is 1. The van der Waals surface area contributed by atoms with Crippen molar-refractivity contribution in [2.75, 3.05) is 6.54 Å². The van der Waals surface area contributed by atoms with E-state index in [0.717, 1.165) is 11.1 Å². The Kier molecular flexibility index (Phi) is 4.75. The number of carbonyl (C=O) groups is 1. The standard InChI is InChI=1S/C16H18N4O/c1-11-5-6-13(4-3-7-17)15(8-11)16(21)20-12(2)14-9-18-19-10-14/h5-6,8-10,12H,7,17H2,1-2H3,(H,18,19)(H,20,21). The van der Waals surface area contributed by atoms with E-state index in [9.17, 15) is 4.79 Å². The summed E-state index contributed by atoms with van der Waals surface area (Å²) in [5.41, 5.74) is 8.57. The number of aromatic amines is 1. The predicted octanol–water partition coefficient (Wildman–Crippen LogP) is 1.52. The molecule has 1 aromatic carbocycles. The number of nitrogens with two attached hydrogens (primary N) is 1. The molecule has 0 aliphatic carbocycles. The fraction of sp³-hybridized carbons (Fsp3) is 0.250. The molecule has 0 spiro atoms.